The van der Waals surface area contributed by atoms with E-state index in [1.54, 1.807) is 36.4 Å². The summed E-state index contributed by atoms with van der Waals surface area (Å²) in [5.74, 6) is 0.659. The summed E-state index contributed by atoms with van der Waals surface area (Å²) in [7, 11) is 0. The number of thiazole rings is 1. The summed E-state index contributed by atoms with van der Waals surface area (Å²) in [6, 6.07) is 9.82. The van der Waals surface area contributed by atoms with E-state index in [9.17, 15) is 15.0 Å². The SMILES string of the molecule is O=C1N=c2cc3c(cc2=C/C1=C\c1sc(=S)n(-c2cccc(O)c2)c1O)OCO3. The Morgan fingerprint density at radius 2 is 1.97 bits per heavy atom. The van der Waals surface area contributed by atoms with Crippen LogP contribution in [0.25, 0.3) is 17.8 Å². The second-order valence-electron chi connectivity index (χ2n) is 6.34. The lowest BCUT2D eigenvalue weighted by Gasteiger charge is -2.06. The molecule has 0 radical (unpaired) electrons. The van der Waals surface area contributed by atoms with Crippen LogP contribution in [0.2, 0.25) is 0 Å². The summed E-state index contributed by atoms with van der Waals surface area (Å²) >= 11 is 6.51. The number of amides is 1. The predicted octanol–water partition coefficient (Wildman–Crippen LogP) is 2.43. The van der Waals surface area contributed by atoms with Crippen molar-refractivity contribution in [3.8, 4) is 28.8 Å². The van der Waals surface area contributed by atoms with Crippen molar-refractivity contribution >= 4 is 41.6 Å². The molecular weight excluding hydrogens is 412 g/mol. The van der Waals surface area contributed by atoms with Crippen LogP contribution < -0.4 is 20.0 Å². The Bertz CT molecular complexity index is 1400. The van der Waals surface area contributed by atoms with E-state index in [1.807, 2.05) is 0 Å². The quantitative estimate of drug-likeness (QED) is 0.485. The van der Waals surface area contributed by atoms with Crippen molar-refractivity contribution in [3.63, 3.8) is 0 Å². The Hall–Kier alpha value is -3.43. The maximum Gasteiger partial charge on any atom is 0.277 e. The average Bonchev–Trinajstić information content (AvgIpc) is 3.24. The molecule has 3 aromatic rings. The third-order valence-electron chi connectivity index (χ3n) is 4.49. The smallest absolute Gasteiger partial charge is 0.277 e. The summed E-state index contributed by atoms with van der Waals surface area (Å²) in [4.78, 5) is 17.0. The summed E-state index contributed by atoms with van der Waals surface area (Å²) in [5, 5.41) is 21.6. The molecule has 0 unspecified atom stereocenters. The van der Waals surface area contributed by atoms with Crippen LogP contribution in [0.15, 0.2) is 47.0 Å². The van der Waals surface area contributed by atoms with Gasteiger partial charge in [-0.2, -0.15) is 0 Å². The van der Waals surface area contributed by atoms with Crippen molar-refractivity contribution in [3.05, 3.63) is 61.4 Å². The average molecular weight is 424 g/mol. The van der Waals surface area contributed by atoms with E-state index < -0.39 is 5.91 Å². The molecule has 5 rings (SSSR count). The van der Waals surface area contributed by atoms with E-state index in [2.05, 4.69) is 4.99 Å². The van der Waals surface area contributed by atoms with Crippen molar-refractivity contribution in [1.82, 2.24) is 4.57 Å². The number of fused-ring (bicyclic) bond motifs is 2. The Kier molecular flexibility index (Phi) is 4.00. The molecule has 1 amide bonds. The van der Waals surface area contributed by atoms with Crippen molar-refractivity contribution < 1.29 is 24.5 Å². The minimum absolute atomic E-state index is 0.0554. The van der Waals surface area contributed by atoms with Gasteiger partial charge in [0.25, 0.3) is 5.91 Å². The standard InChI is InChI=1S/C20H12N2O5S2/c23-13-3-1-2-12(7-13)22-19(25)17(29-20(22)28)6-11-4-10-5-15-16(27-9-26-15)8-14(10)21-18(11)24/h1-8,23,25H,9H2/b11-6+. The van der Waals surface area contributed by atoms with Gasteiger partial charge < -0.3 is 19.7 Å². The van der Waals surface area contributed by atoms with Crippen molar-refractivity contribution in [2.75, 3.05) is 6.79 Å². The van der Waals surface area contributed by atoms with Gasteiger partial charge in [-0.15, -0.1) is 11.3 Å². The summed E-state index contributed by atoms with van der Waals surface area (Å²) in [5.41, 5.74) is 0.834. The second-order valence-corrected chi connectivity index (χ2v) is 8.01. The minimum atomic E-state index is -0.431. The lowest BCUT2D eigenvalue weighted by atomic mass is 10.1. The molecule has 0 fully saturated rings. The van der Waals surface area contributed by atoms with E-state index in [1.165, 1.54) is 16.7 Å². The molecule has 9 heteroatoms. The first-order valence-corrected chi connectivity index (χ1v) is 9.72. The number of ether oxygens (including phenoxy) is 2. The molecule has 0 saturated heterocycles. The van der Waals surface area contributed by atoms with Crippen LogP contribution in [0.3, 0.4) is 0 Å². The van der Waals surface area contributed by atoms with Crippen LogP contribution in [0.1, 0.15) is 4.88 Å². The summed E-state index contributed by atoms with van der Waals surface area (Å²) < 4.78 is 12.5. The number of aromatic nitrogens is 1. The Morgan fingerprint density at radius 1 is 1.17 bits per heavy atom. The number of carbonyl (C=O) groups is 1. The van der Waals surface area contributed by atoms with Crippen LogP contribution in [0.5, 0.6) is 23.1 Å². The highest BCUT2D eigenvalue weighted by atomic mass is 32.1. The lowest BCUT2D eigenvalue weighted by molar-refractivity contribution is -0.114. The largest absolute Gasteiger partial charge is 0.508 e. The molecule has 144 valence electrons. The van der Waals surface area contributed by atoms with Crippen LogP contribution >= 0.6 is 23.6 Å². The molecule has 0 aliphatic carbocycles. The molecule has 2 N–H and O–H groups in total. The maximum absolute atomic E-state index is 12.5. The van der Waals surface area contributed by atoms with Gasteiger partial charge in [0.05, 0.1) is 15.9 Å². The number of phenolic OH excluding ortho intramolecular Hbond substituents is 1. The number of hydrogen-bond acceptors (Lipinski definition) is 7. The first-order valence-electron chi connectivity index (χ1n) is 8.50. The molecule has 2 aliphatic rings. The number of benzene rings is 2. The Balaban J connectivity index is 1.62. The lowest BCUT2D eigenvalue weighted by Crippen LogP contribution is -2.30. The molecule has 3 heterocycles. The zero-order valence-electron chi connectivity index (χ0n) is 14.7. The molecule has 2 aromatic carbocycles. The van der Waals surface area contributed by atoms with Gasteiger partial charge in [0, 0.05) is 22.9 Å². The van der Waals surface area contributed by atoms with Gasteiger partial charge in [-0.1, -0.05) is 6.07 Å². The molecule has 0 atom stereocenters. The van der Waals surface area contributed by atoms with Crippen molar-refractivity contribution in [2.45, 2.75) is 0 Å². The second kappa shape index (κ2) is 6.57. The van der Waals surface area contributed by atoms with Crippen LogP contribution in [-0.2, 0) is 4.79 Å². The zero-order valence-corrected chi connectivity index (χ0v) is 16.3. The van der Waals surface area contributed by atoms with Crippen molar-refractivity contribution in [1.29, 1.82) is 0 Å². The number of hydrogen-bond donors (Lipinski definition) is 2. The molecule has 29 heavy (non-hydrogen) atoms. The summed E-state index contributed by atoms with van der Waals surface area (Å²) in [6.45, 7) is 0.134. The van der Waals surface area contributed by atoms with E-state index in [0.717, 1.165) is 16.6 Å². The number of nitrogens with zero attached hydrogens (tertiary/aromatic N) is 2. The number of carbonyl (C=O) groups excluding carboxylic acids is 1. The van der Waals surface area contributed by atoms with Crippen LogP contribution in [-0.4, -0.2) is 27.5 Å². The van der Waals surface area contributed by atoms with Gasteiger partial charge in [-0.3, -0.25) is 9.36 Å². The van der Waals surface area contributed by atoms with Gasteiger partial charge in [0.2, 0.25) is 12.7 Å². The molecular formula is C20H12N2O5S2. The van der Waals surface area contributed by atoms with Crippen molar-refractivity contribution in [2.24, 2.45) is 4.99 Å². The minimum Gasteiger partial charge on any atom is -0.508 e. The van der Waals surface area contributed by atoms with Gasteiger partial charge in [-0.05, 0) is 42.6 Å². The van der Waals surface area contributed by atoms with Crippen LogP contribution in [0, 0.1) is 3.95 Å². The molecule has 0 bridgehead atoms. The number of phenols is 1. The van der Waals surface area contributed by atoms with E-state index in [0.29, 0.717) is 36.9 Å². The normalized spacial score (nSPS) is 15.7. The van der Waals surface area contributed by atoms with Gasteiger partial charge in [0.15, 0.2) is 15.5 Å². The number of rotatable bonds is 2. The molecule has 2 aliphatic heterocycles. The number of aromatic hydroxyl groups is 2. The first kappa shape index (κ1) is 17.7. The third kappa shape index (κ3) is 3.00. The topological polar surface area (TPSA) is 93.3 Å². The third-order valence-corrected chi connectivity index (χ3v) is 5.80. The zero-order chi connectivity index (χ0) is 20.1. The van der Waals surface area contributed by atoms with E-state index in [-0.39, 0.29) is 18.4 Å². The predicted molar refractivity (Wildman–Crippen MR) is 109 cm³/mol. The Labute approximate surface area is 172 Å². The van der Waals surface area contributed by atoms with E-state index in [4.69, 9.17) is 21.7 Å². The highest BCUT2D eigenvalue weighted by molar-refractivity contribution is 7.73. The summed E-state index contributed by atoms with van der Waals surface area (Å²) in [6.07, 6.45) is 3.24. The van der Waals surface area contributed by atoms with E-state index >= 15 is 0 Å². The fourth-order valence-corrected chi connectivity index (χ4v) is 4.44. The van der Waals surface area contributed by atoms with Crippen LogP contribution in [0.4, 0.5) is 0 Å². The molecule has 7 nitrogen and oxygen atoms in total. The maximum atomic E-state index is 12.5. The molecule has 1 aromatic heterocycles. The molecule has 0 saturated carbocycles. The highest BCUT2D eigenvalue weighted by Crippen LogP contribution is 2.33. The first-order chi connectivity index (χ1) is 14.0. The van der Waals surface area contributed by atoms with Gasteiger partial charge in [-0.25, -0.2) is 4.99 Å². The fourth-order valence-electron chi connectivity index (χ4n) is 3.14. The monoisotopic (exact) mass is 424 g/mol. The van der Waals surface area contributed by atoms with Gasteiger partial charge >= 0.3 is 0 Å². The fraction of sp³-hybridized carbons (Fsp3) is 0.0500. The highest BCUT2D eigenvalue weighted by Gasteiger charge is 2.19. The Morgan fingerprint density at radius 3 is 2.76 bits per heavy atom. The van der Waals surface area contributed by atoms with Gasteiger partial charge in [0.1, 0.15) is 5.75 Å². The molecule has 0 spiro atoms.